The van der Waals surface area contributed by atoms with Crippen molar-refractivity contribution >= 4 is 5.82 Å². The van der Waals surface area contributed by atoms with E-state index in [9.17, 15) is 13.2 Å². The lowest BCUT2D eigenvalue weighted by atomic mass is 10.1. The van der Waals surface area contributed by atoms with Gasteiger partial charge in [0, 0.05) is 31.1 Å². The maximum atomic E-state index is 12.7. The Balaban J connectivity index is 1.51. The van der Waals surface area contributed by atoms with Crippen LogP contribution in [-0.2, 0) is 12.7 Å². The summed E-state index contributed by atoms with van der Waals surface area (Å²) in [7, 11) is 0. The molecule has 26 heavy (non-hydrogen) atoms. The molecule has 0 unspecified atom stereocenters. The number of rotatable bonds is 5. The summed E-state index contributed by atoms with van der Waals surface area (Å²) < 4.78 is 43.9. The lowest BCUT2D eigenvalue weighted by molar-refractivity contribution is -0.141. The summed E-state index contributed by atoms with van der Waals surface area (Å²) in [5, 5.41) is 3.08. The maximum Gasteiger partial charge on any atom is 0.433 e. The van der Waals surface area contributed by atoms with Gasteiger partial charge in [-0.25, -0.2) is 15.0 Å². The Labute approximate surface area is 149 Å². The summed E-state index contributed by atoms with van der Waals surface area (Å²) in [6.45, 7) is 6.38. The van der Waals surface area contributed by atoms with Crippen molar-refractivity contribution in [1.82, 2.24) is 19.9 Å². The lowest BCUT2D eigenvalue weighted by Crippen LogP contribution is -2.38. The van der Waals surface area contributed by atoms with Gasteiger partial charge in [0.05, 0.1) is 12.7 Å². The van der Waals surface area contributed by atoms with E-state index in [1.807, 2.05) is 0 Å². The number of piperidine rings is 1. The molecule has 3 heterocycles. The highest BCUT2D eigenvalue weighted by Gasteiger charge is 2.33. The summed E-state index contributed by atoms with van der Waals surface area (Å²) in [5.41, 5.74) is -0.933. The number of nitrogens with zero attached hydrogens (tertiary/aromatic N) is 4. The molecule has 3 rings (SSSR count). The number of likely N-dealkylation sites (tertiary alicyclic amines) is 1. The van der Waals surface area contributed by atoms with Crippen LogP contribution in [-0.4, -0.2) is 39.0 Å². The highest BCUT2D eigenvalue weighted by atomic mass is 19.4. The molecule has 0 amide bonds. The van der Waals surface area contributed by atoms with Crippen LogP contribution in [0.2, 0.25) is 0 Å². The van der Waals surface area contributed by atoms with Gasteiger partial charge >= 0.3 is 6.18 Å². The van der Waals surface area contributed by atoms with Crippen LogP contribution in [0.25, 0.3) is 0 Å². The number of hydrogen-bond donors (Lipinski definition) is 1. The van der Waals surface area contributed by atoms with E-state index in [1.54, 1.807) is 6.20 Å². The molecule has 6 nitrogen and oxygen atoms in total. The molecule has 1 aliphatic heterocycles. The SMILES string of the molecule is CC(C)c1cnc(CN2CCC(Nc3cc(C(F)(F)F)ncn3)CC2)o1. The molecule has 0 bridgehead atoms. The average Bonchev–Trinajstić information content (AvgIpc) is 3.05. The normalized spacial score (nSPS) is 17.0. The van der Waals surface area contributed by atoms with E-state index in [1.165, 1.54) is 0 Å². The van der Waals surface area contributed by atoms with Gasteiger partial charge in [0.25, 0.3) is 0 Å². The number of nitrogens with one attached hydrogen (secondary N) is 1. The number of oxazole rings is 1. The van der Waals surface area contributed by atoms with E-state index in [0.29, 0.717) is 18.4 Å². The minimum absolute atomic E-state index is 0.0815. The quantitative estimate of drug-likeness (QED) is 0.867. The second-order valence-corrected chi connectivity index (χ2v) is 6.79. The van der Waals surface area contributed by atoms with Crippen molar-refractivity contribution in [3.05, 3.63) is 35.9 Å². The van der Waals surface area contributed by atoms with Crippen LogP contribution in [0.4, 0.5) is 19.0 Å². The van der Waals surface area contributed by atoms with Gasteiger partial charge in [0.2, 0.25) is 5.89 Å². The minimum atomic E-state index is -4.46. The van der Waals surface area contributed by atoms with Gasteiger partial charge in [-0.2, -0.15) is 13.2 Å². The zero-order valence-electron chi connectivity index (χ0n) is 14.8. The monoisotopic (exact) mass is 369 g/mol. The number of anilines is 1. The molecule has 0 saturated carbocycles. The van der Waals surface area contributed by atoms with E-state index < -0.39 is 11.9 Å². The molecule has 0 aliphatic carbocycles. The third-order valence-electron chi connectivity index (χ3n) is 4.40. The predicted octanol–water partition coefficient (Wildman–Crippen LogP) is 3.68. The van der Waals surface area contributed by atoms with Crippen LogP contribution in [0.15, 0.2) is 23.0 Å². The molecule has 1 fully saturated rings. The number of alkyl halides is 3. The van der Waals surface area contributed by atoms with Gasteiger partial charge in [0.1, 0.15) is 23.6 Å². The summed E-state index contributed by atoms with van der Waals surface area (Å²) in [4.78, 5) is 13.7. The largest absolute Gasteiger partial charge is 0.444 e. The minimum Gasteiger partial charge on any atom is -0.444 e. The van der Waals surface area contributed by atoms with Crippen LogP contribution in [0.3, 0.4) is 0 Å². The van der Waals surface area contributed by atoms with Crippen molar-refractivity contribution < 1.29 is 17.6 Å². The standard InChI is InChI=1S/C17H22F3N5O/c1-11(2)13-8-21-16(26-13)9-25-5-3-12(4-6-25)24-15-7-14(17(18,19)20)22-10-23-15/h7-8,10-12H,3-6,9H2,1-2H3,(H,22,23,24). The Hall–Kier alpha value is -2.16. The van der Waals surface area contributed by atoms with Gasteiger partial charge in [-0.3, -0.25) is 4.90 Å². The van der Waals surface area contributed by atoms with E-state index in [0.717, 1.165) is 44.1 Å². The Bertz CT molecular complexity index is 723. The second kappa shape index (κ2) is 7.61. The summed E-state index contributed by atoms with van der Waals surface area (Å²) >= 11 is 0. The van der Waals surface area contributed by atoms with Crippen LogP contribution < -0.4 is 5.32 Å². The molecule has 9 heteroatoms. The van der Waals surface area contributed by atoms with Gasteiger partial charge in [-0.05, 0) is 12.8 Å². The molecule has 0 atom stereocenters. The molecule has 1 aliphatic rings. The Kier molecular flexibility index (Phi) is 5.45. The van der Waals surface area contributed by atoms with E-state index in [4.69, 9.17) is 4.42 Å². The first-order valence-electron chi connectivity index (χ1n) is 8.64. The first-order valence-corrected chi connectivity index (χ1v) is 8.64. The number of halogens is 3. The fraction of sp³-hybridized carbons (Fsp3) is 0.588. The third-order valence-corrected chi connectivity index (χ3v) is 4.40. The maximum absolute atomic E-state index is 12.7. The molecule has 0 radical (unpaired) electrons. The zero-order chi connectivity index (χ0) is 18.7. The van der Waals surface area contributed by atoms with Crippen LogP contribution >= 0.6 is 0 Å². The van der Waals surface area contributed by atoms with E-state index >= 15 is 0 Å². The number of aromatic nitrogens is 3. The molecule has 2 aromatic heterocycles. The molecule has 1 saturated heterocycles. The van der Waals surface area contributed by atoms with Crippen molar-refractivity contribution in [3.8, 4) is 0 Å². The van der Waals surface area contributed by atoms with Crippen LogP contribution in [0.5, 0.6) is 0 Å². The van der Waals surface area contributed by atoms with Crippen molar-refractivity contribution in [2.75, 3.05) is 18.4 Å². The summed E-state index contributed by atoms with van der Waals surface area (Å²) in [6.07, 6.45) is -0.142. The fourth-order valence-electron chi connectivity index (χ4n) is 2.89. The zero-order valence-corrected chi connectivity index (χ0v) is 14.8. The number of hydrogen-bond acceptors (Lipinski definition) is 6. The van der Waals surface area contributed by atoms with Crippen molar-refractivity contribution in [2.24, 2.45) is 0 Å². The highest BCUT2D eigenvalue weighted by Crippen LogP contribution is 2.28. The predicted molar refractivity (Wildman–Crippen MR) is 89.5 cm³/mol. The van der Waals surface area contributed by atoms with Gasteiger partial charge in [-0.15, -0.1) is 0 Å². The Morgan fingerprint density at radius 1 is 1.23 bits per heavy atom. The smallest absolute Gasteiger partial charge is 0.433 e. The molecule has 142 valence electrons. The third kappa shape index (κ3) is 4.72. The second-order valence-electron chi connectivity index (χ2n) is 6.79. The topological polar surface area (TPSA) is 67.1 Å². The van der Waals surface area contributed by atoms with Crippen molar-refractivity contribution in [1.29, 1.82) is 0 Å². The van der Waals surface area contributed by atoms with Crippen LogP contribution in [0, 0.1) is 0 Å². The Morgan fingerprint density at radius 3 is 2.58 bits per heavy atom. The van der Waals surface area contributed by atoms with Gasteiger partial charge in [0.15, 0.2) is 0 Å². The molecule has 0 spiro atoms. The summed E-state index contributed by atoms with van der Waals surface area (Å²) in [6, 6.07) is 1.03. The highest BCUT2D eigenvalue weighted by molar-refractivity contribution is 5.36. The van der Waals surface area contributed by atoms with Crippen molar-refractivity contribution in [2.45, 2.75) is 51.4 Å². The van der Waals surface area contributed by atoms with Gasteiger partial charge in [-0.1, -0.05) is 13.8 Å². The first kappa shape index (κ1) is 18.6. The fourth-order valence-corrected chi connectivity index (χ4v) is 2.89. The molecular formula is C17H22F3N5O. The van der Waals surface area contributed by atoms with Gasteiger partial charge < -0.3 is 9.73 Å². The molecule has 0 aromatic carbocycles. The summed E-state index contributed by atoms with van der Waals surface area (Å²) in [5.74, 6) is 2.09. The molecule has 1 N–H and O–H groups in total. The first-order chi connectivity index (χ1) is 12.3. The molecular weight excluding hydrogens is 347 g/mol. The van der Waals surface area contributed by atoms with E-state index in [2.05, 4.69) is 39.0 Å². The van der Waals surface area contributed by atoms with Crippen molar-refractivity contribution in [3.63, 3.8) is 0 Å². The van der Waals surface area contributed by atoms with E-state index in [-0.39, 0.29) is 11.9 Å². The Morgan fingerprint density at radius 2 is 1.96 bits per heavy atom. The average molecular weight is 369 g/mol. The lowest BCUT2D eigenvalue weighted by Gasteiger charge is -2.31. The van der Waals surface area contributed by atoms with Crippen LogP contribution in [0.1, 0.15) is 50.0 Å². The molecule has 2 aromatic rings.